The third-order valence-electron chi connectivity index (χ3n) is 2.33. The summed E-state index contributed by atoms with van der Waals surface area (Å²) < 4.78 is 10.0. The maximum Gasteiger partial charge on any atom is 0.331 e. The molecule has 0 bridgehead atoms. The highest BCUT2D eigenvalue weighted by Crippen LogP contribution is 1.98. The molecule has 0 aromatic carbocycles. The molecule has 1 N–H and O–H groups in total. The number of rotatable bonds is 6. The van der Waals surface area contributed by atoms with Crippen molar-refractivity contribution >= 4 is 11.9 Å². The fraction of sp³-hybridized carbons (Fsp3) is 0.636. The van der Waals surface area contributed by atoms with Crippen molar-refractivity contribution in [2.45, 2.75) is 6.42 Å². The highest BCUT2D eigenvalue weighted by atomic mass is 16.5. The van der Waals surface area contributed by atoms with Gasteiger partial charge in [0.1, 0.15) is 0 Å². The van der Waals surface area contributed by atoms with Gasteiger partial charge in [0.15, 0.2) is 0 Å². The Labute approximate surface area is 99.8 Å². The molecule has 0 unspecified atom stereocenters. The lowest BCUT2D eigenvalue weighted by Gasteiger charge is -2.26. The predicted octanol–water partition coefficient (Wildman–Crippen LogP) is -0.107. The van der Waals surface area contributed by atoms with Crippen molar-refractivity contribution in [1.29, 1.82) is 0 Å². The molecule has 0 saturated carbocycles. The van der Waals surface area contributed by atoms with E-state index in [4.69, 9.17) is 14.6 Å². The van der Waals surface area contributed by atoms with E-state index in [1.54, 1.807) is 0 Å². The third kappa shape index (κ3) is 6.70. The van der Waals surface area contributed by atoms with Gasteiger partial charge in [-0.1, -0.05) is 0 Å². The molecule has 0 aromatic heterocycles. The van der Waals surface area contributed by atoms with Gasteiger partial charge >= 0.3 is 11.9 Å². The number of esters is 1. The first kappa shape index (κ1) is 13.7. The average Bonchev–Trinajstić information content (AvgIpc) is 2.33. The lowest BCUT2D eigenvalue weighted by molar-refractivity contribution is -0.139. The normalized spacial score (nSPS) is 17.2. The van der Waals surface area contributed by atoms with Crippen LogP contribution in [0.5, 0.6) is 0 Å². The second kappa shape index (κ2) is 7.81. The van der Waals surface area contributed by atoms with Gasteiger partial charge in [-0.05, 0) is 6.42 Å². The fourth-order valence-electron chi connectivity index (χ4n) is 1.47. The summed E-state index contributed by atoms with van der Waals surface area (Å²) in [6, 6.07) is 0. The van der Waals surface area contributed by atoms with Crippen molar-refractivity contribution in [3.05, 3.63) is 12.2 Å². The Morgan fingerprint density at radius 1 is 1.29 bits per heavy atom. The summed E-state index contributed by atoms with van der Waals surface area (Å²) in [7, 11) is 0. The van der Waals surface area contributed by atoms with Crippen LogP contribution in [0.15, 0.2) is 12.2 Å². The molecule has 0 aromatic rings. The summed E-state index contributed by atoms with van der Waals surface area (Å²) in [6.45, 7) is 4.49. The maximum atomic E-state index is 11.0. The number of carboxylic acids is 1. The number of carboxylic acid groups (broad SMARTS) is 1. The number of ether oxygens (including phenoxy) is 2. The van der Waals surface area contributed by atoms with Crippen LogP contribution in [0.4, 0.5) is 0 Å². The van der Waals surface area contributed by atoms with Gasteiger partial charge in [-0.15, -0.1) is 0 Å². The Morgan fingerprint density at radius 2 is 2.00 bits per heavy atom. The number of aliphatic carboxylic acids is 1. The minimum absolute atomic E-state index is 0.306. The van der Waals surface area contributed by atoms with E-state index in [1.807, 2.05) is 0 Å². The van der Waals surface area contributed by atoms with E-state index in [9.17, 15) is 9.59 Å². The van der Waals surface area contributed by atoms with Crippen LogP contribution in [0.1, 0.15) is 6.42 Å². The minimum Gasteiger partial charge on any atom is -0.478 e. The van der Waals surface area contributed by atoms with Crippen molar-refractivity contribution in [3.63, 3.8) is 0 Å². The van der Waals surface area contributed by atoms with Crippen molar-refractivity contribution in [3.8, 4) is 0 Å². The van der Waals surface area contributed by atoms with Crippen LogP contribution in [0.25, 0.3) is 0 Å². The first-order chi connectivity index (χ1) is 8.18. The van der Waals surface area contributed by atoms with Crippen LogP contribution in [0.3, 0.4) is 0 Å². The molecule has 6 heteroatoms. The van der Waals surface area contributed by atoms with Crippen LogP contribution in [0, 0.1) is 0 Å². The molecule has 0 atom stereocenters. The summed E-state index contributed by atoms with van der Waals surface area (Å²) in [5.74, 6) is -1.77. The van der Waals surface area contributed by atoms with E-state index >= 15 is 0 Å². The van der Waals surface area contributed by atoms with Crippen molar-refractivity contribution < 1.29 is 24.2 Å². The number of hydrogen-bond donors (Lipinski definition) is 1. The summed E-state index contributed by atoms with van der Waals surface area (Å²) in [5, 5.41) is 8.29. The molecule has 0 spiro atoms. The molecule has 1 aliphatic heterocycles. The first-order valence-electron chi connectivity index (χ1n) is 5.56. The molecule has 0 amide bonds. The largest absolute Gasteiger partial charge is 0.478 e. The highest BCUT2D eigenvalue weighted by molar-refractivity contribution is 5.90. The third-order valence-corrected chi connectivity index (χ3v) is 2.33. The van der Waals surface area contributed by atoms with E-state index in [0.29, 0.717) is 6.61 Å². The second-order valence-corrected chi connectivity index (χ2v) is 3.65. The number of hydrogen-bond acceptors (Lipinski definition) is 5. The van der Waals surface area contributed by atoms with E-state index in [2.05, 4.69) is 4.90 Å². The standard InChI is InChI=1S/C11H17NO5/c13-10(14)2-3-11(15)17-7-1-4-12-5-8-16-9-6-12/h2-3H,1,4-9H2,(H,13,14)/b3-2+. The van der Waals surface area contributed by atoms with Crippen LogP contribution in [-0.2, 0) is 19.1 Å². The van der Waals surface area contributed by atoms with Gasteiger partial charge in [-0.2, -0.15) is 0 Å². The molecule has 6 nitrogen and oxygen atoms in total. The zero-order chi connectivity index (χ0) is 12.5. The quantitative estimate of drug-likeness (QED) is 0.398. The van der Waals surface area contributed by atoms with Gasteiger partial charge in [-0.25, -0.2) is 9.59 Å². The molecule has 1 fully saturated rings. The van der Waals surface area contributed by atoms with E-state index in [0.717, 1.165) is 51.4 Å². The van der Waals surface area contributed by atoms with Crippen molar-refractivity contribution in [2.24, 2.45) is 0 Å². The molecule has 96 valence electrons. The predicted molar refractivity (Wildman–Crippen MR) is 59.6 cm³/mol. The Morgan fingerprint density at radius 3 is 2.65 bits per heavy atom. The SMILES string of the molecule is O=C(O)/C=C/C(=O)OCCCN1CCOCC1. The van der Waals surface area contributed by atoms with Crippen LogP contribution >= 0.6 is 0 Å². The lowest BCUT2D eigenvalue weighted by Crippen LogP contribution is -2.37. The molecule has 1 aliphatic rings. The second-order valence-electron chi connectivity index (χ2n) is 3.65. The van der Waals surface area contributed by atoms with Gasteiger partial charge in [0.25, 0.3) is 0 Å². The zero-order valence-electron chi connectivity index (χ0n) is 9.63. The molecule has 1 heterocycles. The Bertz CT molecular complexity index is 284. The van der Waals surface area contributed by atoms with Crippen LogP contribution < -0.4 is 0 Å². The summed E-state index contributed by atoms with van der Waals surface area (Å²) >= 11 is 0. The Hall–Kier alpha value is -1.40. The number of nitrogens with zero attached hydrogens (tertiary/aromatic N) is 1. The summed E-state index contributed by atoms with van der Waals surface area (Å²) in [4.78, 5) is 23.4. The van der Waals surface area contributed by atoms with E-state index in [-0.39, 0.29) is 0 Å². The molecule has 1 rings (SSSR count). The molecule has 17 heavy (non-hydrogen) atoms. The van der Waals surface area contributed by atoms with Crippen molar-refractivity contribution in [2.75, 3.05) is 39.5 Å². The maximum absolute atomic E-state index is 11.0. The number of carbonyl (C=O) groups excluding carboxylic acids is 1. The monoisotopic (exact) mass is 243 g/mol. The van der Waals surface area contributed by atoms with Crippen LogP contribution in [-0.4, -0.2) is 61.4 Å². The lowest BCUT2D eigenvalue weighted by atomic mass is 10.3. The summed E-state index contributed by atoms with van der Waals surface area (Å²) in [5.41, 5.74) is 0. The molecule has 1 saturated heterocycles. The topological polar surface area (TPSA) is 76.1 Å². The average molecular weight is 243 g/mol. The highest BCUT2D eigenvalue weighted by Gasteiger charge is 2.09. The van der Waals surface area contributed by atoms with Crippen LogP contribution in [0.2, 0.25) is 0 Å². The minimum atomic E-state index is -1.16. The summed E-state index contributed by atoms with van der Waals surface area (Å²) in [6.07, 6.45) is 2.42. The van der Waals surface area contributed by atoms with Gasteiger partial charge in [-0.3, -0.25) is 4.90 Å². The molecular formula is C11H17NO5. The van der Waals surface area contributed by atoms with Gasteiger partial charge in [0, 0.05) is 31.8 Å². The number of carbonyl (C=O) groups is 2. The Kier molecular flexibility index (Phi) is 6.27. The fourth-order valence-corrected chi connectivity index (χ4v) is 1.47. The van der Waals surface area contributed by atoms with E-state index in [1.165, 1.54) is 0 Å². The number of morpholine rings is 1. The van der Waals surface area contributed by atoms with E-state index < -0.39 is 11.9 Å². The smallest absolute Gasteiger partial charge is 0.331 e. The first-order valence-corrected chi connectivity index (χ1v) is 5.56. The van der Waals surface area contributed by atoms with Gasteiger partial charge in [0.2, 0.25) is 0 Å². The van der Waals surface area contributed by atoms with Gasteiger partial charge in [0.05, 0.1) is 19.8 Å². The Balaban J connectivity index is 2.03. The molecule has 0 aliphatic carbocycles. The zero-order valence-corrected chi connectivity index (χ0v) is 9.63. The molecular weight excluding hydrogens is 226 g/mol. The molecule has 0 radical (unpaired) electrons. The van der Waals surface area contributed by atoms with Crippen molar-refractivity contribution in [1.82, 2.24) is 4.90 Å². The van der Waals surface area contributed by atoms with Gasteiger partial charge < -0.3 is 14.6 Å².